The van der Waals surface area contributed by atoms with Crippen molar-refractivity contribution in [3.8, 4) is 0 Å². The van der Waals surface area contributed by atoms with Crippen molar-refractivity contribution in [3.05, 3.63) is 0 Å². The van der Waals surface area contributed by atoms with E-state index in [4.69, 9.17) is 5.73 Å². The highest BCUT2D eigenvalue weighted by atomic mass is 35.5. The summed E-state index contributed by atoms with van der Waals surface area (Å²) in [5, 5.41) is 6.63. The molecule has 0 bridgehead atoms. The first-order chi connectivity index (χ1) is 6.23. The van der Waals surface area contributed by atoms with Gasteiger partial charge in [0.2, 0.25) is 5.91 Å². The van der Waals surface area contributed by atoms with Crippen LogP contribution >= 0.6 is 12.4 Å². The van der Waals surface area contributed by atoms with E-state index in [1.165, 1.54) is 12.8 Å². The van der Waals surface area contributed by atoms with Gasteiger partial charge in [-0.05, 0) is 38.8 Å². The second-order valence-corrected chi connectivity index (χ2v) is 4.11. The molecule has 0 aromatic rings. The zero-order valence-corrected chi connectivity index (χ0v) is 9.03. The number of nitrogens with two attached hydrogens (primary N) is 1. The molecule has 0 aromatic heterocycles. The van der Waals surface area contributed by atoms with Crippen molar-refractivity contribution < 1.29 is 4.79 Å². The zero-order chi connectivity index (χ0) is 9.31. The van der Waals surface area contributed by atoms with Gasteiger partial charge in [0.1, 0.15) is 5.54 Å². The minimum absolute atomic E-state index is 0. The van der Waals surface area contributed by atoms with Crippen molar-refractivity contribution >= 4 is 18.3 Å². The predicted octanol–water partition coefficient (Wildman–Crippen LogP) is -0.232. The van der Waals surface area contributed by atoms with Gasteiger partial charge >= 0.3 is 0 Å². The second-order valence-electron chi connectivity index (χ2n) is 4.11. The molecule has 4 nitrogen and oxygen atoms in total. The Kier molecular flexibility index (Phi) is 3.75. The number of hydrogen-bond donors (Lipinski definition) is 3. The largest absolute Gasteiger partial charge is 0.368 e. The topological polar surface area (TPSA) is 67.2 Å². The minimum Gasteiger partial charge on any atom is -0.368 e. The average molecular weight is 220 g/mol. The Balaban J connectivity index is 0.000000980. The fraction of sp³-hybridized carbons (Fsp3) is 0.889. The van der Waals surface area contributed by atoms with E-state index in [0.717, 1.165) is 25.9 Å². The Morgan fingerprint density at radius 3 is 2.36 bits per heavy atom. The molecule has 0 radical (unpaired) electrons. The number of amides is 1. The van der Waals surface area contributed by atoms with Gasteiger partial charge in [-0.3, -0.25) is 4.79 Å². The van der Waals surface area contributed by atoms with Crippen LogP contribution in [0.2, 0.25) is 0 Å². The Labute approximate surface area is 90.4 Å². The van der Waals surface area contributed by atoms with Gasteiger partial charge in [-0.1, -0.05) is 0 Å². The first kappa shape index (κ1) is 11.8. The fourth-order valence-electron chi connectivity index (χ4n) is 1.93. The standard InChI is InChI=1S/C9H17N3O.ClH/c10-8(13)9(12-7-1-2-7)3-5-11-6-4-9;/h7,11-12H,1-6H2,(H2,10,13);1H. The van der Waals surface area contributed by atoms with E-state index in [9.17, 15) is 4.79 Å². The van der Waals surface area contributed by atoms with Crippen molar-refractivity contribution in [2.75, 3.05) is 13.1 Å². The molecule has 1 saturated carbocycles. The Bertz CT molecular complexity index is 212. The van der Waals surface area contributed by atoms with Crippen molar-refractivity contribution in [2.45, 2.75) is 37.3 Å². The van der Waals surface area contributed by atoms with Gasteiger partial charge in [0.25, 0.3) is 0 Å². The number of halogens is 1. The third-order valence-corrected chi connectivity index (χ3v) is 2.99. The fourth-order valence-corrected chi connectivity index (χ4v) is 1.93. The third-order valence-electron chi connectivity index (χ3n) is 2.99. The second kappa shape index (κ2) is 4.47. The lowest BCUT2D eigenvalue weighted by Crippen LogP contribution is -2.60. The molecule has 2 aliphatic rings. The molecule has 0 atom stereocenters. The van der Waals surface area contributed by atoms with Crippen LogP contribution in [0.3, 0.4) is 0 Å². The molecule has 1 aliphatic carbocycles. The number of piperidine rings is 1. The van der Waals surface area contributed by atoms with Crippen molar-refractivity contribution in [2.24, 2.45) is 5.73 Å². The van der Waals surface area contributed by atoms with E-state index >= 15 is 0 Å². The lowest BCUT2D eigenvalue weighted by Gasteiger charge is -2.35. The molecule has 2 fully saturated rings. The van der Waals surface area contributed by atoms with Crippen molar-refractivity contribution in [1.29, 1.82) is 0 Å². The highest BCUT2D eigenvalue weighted by Gasteiger charge is 2.41. The predicted molar refractivity (Wildman–Crippen MR) is 57.4 cm³/mol. The van der Waals surface area contributed by atoms with Crippen LogP contribution in [-0.2, 0) is 4.79 Å². The van der Waals surface area contributed by atoms with Gasteiger partial charge in [0.15, 0.2) is 0 Å². The Morgan fingerprint density at radius 1 is 1.36 bits per heavy atom. The van der Waals surface area contributed by atoms with E-state index in [1.54, 1.807) is 0 Å². The van der Waals surface area contributed by atoms with Gasteiger partial charge in [-0.25, -0.2) is 0 Å². The number of primary amides is 1. The maximum absolute atomic E-state index is 11.4. The molecule has 0 aromatic carbocycles. The molecular weight excluding hydrogens is 202 g/mol. The molecule has 4 N–H and O–H groups in total. The van der Waals surface area contributed by atoms with Crippen molar-refractivity contribution in [1.82, 2.24) is 10.6 Å². The maximum Gasteiger partial charge on any atom is 0.237 e. The summed E-state index contributed by atoms with van der Waals surface area (Å²) in [6.07, 6.45) is 4.06. The summed E-state index contributed by atoms with van der Waals surface area (Å²) in [7, 11) is 0. The number of nitrogens with one attached hydrogen (secondary N) is 2. The first-order valence-corrected chi connectivity index (χ1v) is 5.01. The van der Waals surface area contributed by atoms with Gasteiger partial charge < -0.3 is 16.4 Å². The molecule has 14 heavy (non-hydrogen) atoms. The molecule has 5 heteroatoms. The Morgan fingerprint density at radius 2 is 1.93 bits per heavy atom. The normalized spacial score (nSPS) is 25.1. The van der Waals surface area contributed by atoms with E-state index in [0.29, 0.717) is 6.04 Å². The monoisotopic (exact) mass is 219 g/mol. The summed E-state index contributed by atoms with van der Waals surface area (Å²) in [5.41, 5.74) is 5.04. The van der Waals surface area contributed by atoms with E-state index in [2.05, 4.69) is 10.6 Å². The average Bonchev–Trinajstić information content (AvgIpc) is 2.90. The van der Waals surface area contributed by atoms with Crippen molar-refractivity contribution in [3.63, 3.8) is 0 Å². The summed E-state index contributed by atoms with van der Waals surface area (Å²) < 4.78 is 0. The molecule has 82 valence electrons. The van der Waals surface area contributed by atoms with Gasteiger partial charge in [0, 0.05) is 6.04 Å². The molecule has 1 amide bonds. The number of rotatable bonds is 3. The quantitative estimate of drug-likeness (QED) is 0.614. The Hall–Kier alpha value is -0.320. The number of carbonyl (C=O) groups is 1. The lowest BCUT2D eigenvalue weighted by atomic mass is 9.87. The minimum atomic E-state index is -0.410. The summed E-state index contributed by atoms with van der Waals surface area (Å²) in [6.45, 7) is 1.78. The van der Waals surface area contributed by atoms with Crippen LogP contribution in [0, 0.1) is 0 Å². The highest BCUT2D eigenvalue weighted by Crippen LogP contribution is 2.26. The van der Waals surface area contributed by atoms with Crippen LogP contribution in [0.15, 0.2) is 0 Å². The SMILES string of the molecule is Cl.NC(=O)C1(NC2CC2)CCNCC1. The molecule has 1 saturated heterocycles. The molecule has 1 heterocycles. The van der Waals surface area contributed by atoms with Gasteiger partial charge in [-0.15, -0.1) is 12.4 Å². The molecule has 0 unspecified atom stereocenters. The summed E-state index contributed by atoms with van der Waals surface area (Å²) in [4.78, 5) is 11.4. The highest BCUT2D eigenvalue weighted by molar-refractivity contribution is 5.85. The van der Waals surface area contributed by atoms with E-state index in [-0.39, 0.29) is 18.3 Å². The maximum atomic E-state index is 11.4. The number of carbonyl (C=O) groups excluding carboxylic acids is 1. The molecule has 2 rings (SSSR count). The van der Waals surface area contributed by atoms with Gasteiger partial charge in [-0.2, -0.15) is 0 Å². The van der Waals surface area contributed by atoms with Crippen LogP contribution in [0.1, 0.15) is 25.7 Å². The summed E-state index contributed by atoms with van der Waals surface area (Å²) >= 11 is 0. The number of hydrogen-bond acceptors (Lipinski definition) is 3. The zero-order valence-electron chi connectivity index (χ0n) is 8.21. The smallest absolute Gasteiger partial charge is 0.237 e. The van der Waals surface area contributed by atoms with Crippen LogP contribution in [-0.4, -0.2) is 30.6 Å². The van der Waals surface area contributed by atoms with Crippen LogP contribution in [0.4, 0.5) is 0 Å². The summed E-state index contributed by atoms with van der Waals surface area (Å²) in [5.74, 6) is -0.180. The van der Waals surface area contributed by atoms with Gasteiger partial charge in [0.05, 0.1) is 0 Å². The first-order valence-electron chi connectivity index (χ1n) is 5.01. The summed E-state index contributed by atoms with van der Waals surface area (Å²) in [6, 6.07) is 0.547. The molecule has 0 spiro atoms. The van der Waals surface area contributed by atoms with Crippen LogP contribution < -0.4 is 16.4 Å². The lowest BCUT2D eigenvalue weighted by molar-refractivity contribution is -0.125. The molecular formula is C9H18ClN3O. The van der Waals surface area contributed by atoms with E-state index in [1.807, 2.05) is 0 Å². The van der Waals surface area contributed by atoms with E-state index < -0.39 is 5.54 Å². The van der Waals surface area contributed by atoms with Crippen LogP contribution in [0.5, 0.6) is 0 Å². The molecule has 1 aliphatic heterocycles. The third kappa shape index (κ3) is 2.38. The van der Waals surface area contributed by atoms with Crippen LogP contribution in [0.25, 0.3) is 0 Å².